The minimum Gasteiger partial charge on any atom is -0.350 e. The number of ketones is 1. The fraction of sp³-hybridized carbons (Fsp3) is 0.238. The molecule has 28 heavy (non-hydrogen) atoms. The molecular weight excluding hydrogens is 356 g/mol. The summed E-state index contributed by atoms with van der Waals surface area (Å²) < 4.78 is 1.58. The van der Waals surface area contributed by atoms with Gasteiger partial charge >= 0.3 is 0 Å². The molecule has 0 aliphatic carbocycles. The van der Waals surface area contributed by atoms with Crippen LogP contribution in [0.15, 0.2) is 48.7 Å². The summed E-state index contributed by atoms with van der Waals surface area (Å²) in [6, 6.07) is 12.0. The highest BCUT2D eigenvalue weighted by Gasteiger charge is 2.21. The third-order valence-electron chi connectivity index (χ3n) is 4.16. The van der Waals surface area contributed by atoms with Crippen molar-refractivity contribution in [2.24, 2.45) is 5.92 Å². The number of carbonyl (C=O) groups excluding carboxylic acids is 3. The second-order valence-corrected chi connectivity index (χ2v) is 6.93. The maximum absolute atomic E-state index is 12.8. The van der Waals surface area contributed by atoms with Crippen molar-refractivity contribution in [3.05, 3.63) is 65.7 Å². The van der Waals surface area contributed by atoms with Crippen LogP contribution in [0.3, 0.4) is 0 Å². The van der Waals surface area contributed by atoms with Crippen molar-refractivity contribution in [3.63, 3.8) is 0 Å². The standard InChI is InChI=1S/C21H22N4O3/c1-13(2)12-22-20(27)18-17-9-4-5-10-25(17)19(24-18)21(28)23-16-8-6-7-15(11-16)14(3)26/h4-11,13H,12H2,1-3H3,(H,22,27)(H,23,28). The van der Waals surface area contributed by atoms with Crippen LogP contribution < -0.4 is 10.6 Å². The van der Waals surface area contributed by atoms with Crippen LogP contribution >= 0.6 is 0 Å². The molecule has 0 radical (unpaired) electrons. The Bertz CT molecular complexity index is 1050. The number of hydrogen-bond acceptors (Lipinski definition) is 4. The van der Waals surface area contributed by atoms with Crippen LogP contribution in [0.1, 0.15) is 52.2 Å². The van der Waals surface area contributed by atoms with E-state index >= 15 is 0 Å². The quantitative estimate of drug-likeness (QED) is 0.645. The molecule has 0 bridgehead atoms. The van der Waals surface area contributed by atoms with Gasteiger partial charge in [0.05, 0.1) is 5.52 Å². The molecular formula is C21H22N4O3. The van der Waals surface area contributed by atoms with E-state index in [-0.39, 0.29) is 23.2 Å². The number of anilines is 1. The molecule has 2 heterocycles. The third-order valence-corrected chi connectivity index (χ3v) is 4.16. The predicted molar refractivity (Wildman–Crippen MR) is 107 cm³/mol. The Morgan fingerprint density at radius 2 is 1.86 bits per heavy atom. The summed E-state index contributed by atoms with van der Waals surface area (Å²) >= 11 is 0. The first-order chi connectivity index (χ1) is 13.4. The van der Waals surface area contributed by atoms with Gasteiger partial charge in [0.25, 0.3) is 11.8 Å². The number of Topliss-reactive ketones (excluding diaryl/α,β-unsaturated/α-hetero) is 1. The summed E-state index contributed by atoms with van der Waals surface area (Å²) in [5.41, 5.74) is 1.73. The number of aromatic nitrogens is 2. The lowest BCUT2D eigenvalue weighted by atomic mass is 10.1. The number of nitrogens with zero attached hydrogens (tertiary/aromatic N) is 2. The molecule has 7 heteroatoms. The zero-order chi connectivity index (χ0) is 20.3. The maximum Gasteiger partial charge on any atom is 0.292 e. The first-order valence-corrected chi connectivity index (χ1v) is 9.04. The van der Waals surface area contributed by atoms with Crippen LogP contribution in [0, 0.1) is 5.92 Å². The lowest BCUT2D eigenvalue weighted by Gasteiger charge is -2.05. The Morgan fingerprint density at radius 3 is 2.57 bits per heavy atom. The van der Waals surface area contributed by atoms with Crippen LogP contribution in [-0.4, -0.2) is 33.5 Å². The van der Waals surface area contributed by atoms with Crippen molar-refractivity contribution in [2.75, 3.05) is 11.9 Å². The summed E-state index contributed by atoms with van der Waals surface area (Å²) in [4.78, 5) is 41.2. The lowest BCUT2D eigenvalue weighted by Crippen LogP contribution is -2.27. The Kier molecular flexibility index (Phi) is 5.54. The summed E-state index contributed by atoms with van der Waals surface area (Å²) in [6.07, 6.45) is 1.68. The highest BCUT2D eigenvalue weighted by molar-refractivity contribution is 6.06. The van der Waals surface area contributed by atoms with E-state index in [9.17, 15) is 14.4 Å². The molecule has 0 atom stereocenters. The number of pyridine rings is 1. The number of hydrogen-bond donors (Lipinski definition) is 2. The minimum absolute atomic E-state index is 0.0912. The van der Waals surface area contributed by atoms with Crippen molar-refractivity contribution >= 4 is 28.8 Å². The fourth-order valence-electron chi connectivity index (χ4n) is 2.75. The second-order valence-electron chi connectivity index (χ2n) is 6.93. The first kappa shape index (κ1) is 19.3. The van der Waals surface area contributed by atoms with E-state index in [0.29, 0.717) is 29.2 Å². The zero-order valence-electron chi connectivity index (χ0n) is 16.0. The molecule has 0 aliphatic rings. The van der Waals surface area contributed by atoms with Gasteiger partial charge in [0, 0.05) is 24.0 Å². The van der Waals surface area contributed by atoms with E-state index in [0.717, 1.165) is 0 Å². The van der Waals surface area contributed by atoms with Crippen molar-refractivity contribution in [1.82, 2.24) is 14.7 Å². The Labute approximate surface area is 162 Å². The summed E-state index contributed by atoms with van der Waals surface area (Å²) in [6.45, 7) is 5.98. The van der Waals surface area contributed by atoms with Crippen molar-refractivity contribution in [1.29, 1.82) is 0 Å². The van der Waals surface area contributed by atoms with Gasteiger partial charge < -0.3 is 10.6 Å². The Morgan fingerprint density at radius 1 is 1.07 bits per heavy atom. The summed E-state index contributed by atoms with van der Waals surface area (Å²) in [5.74, 6) is -0.487. The maximum atomic E-state index is 12.8. The van der Waals surface area contributed by atoms with Gasteiger partial charge in [-0.3, -0.25) is 18.8 Å². The lowest BCUT2D eigenvalue weighted by molar-refractivity contribution is 0.0945. The van der Waals surface area contributed by atoms with E-state index in [1.54, 1.807) is 53.1 Å². The summed E-state index contributed by atoms with van der Waals surface area (Å²) in [5, 5.41) is 5.57. The number of nitrogens with one attached hydrogen (secondary N) is 2. The average Bonchev–Trinajstić information content (AvgIpc) is 3.06. The van der Waals surface area contributed by atoms with Crippen molar-refractivity contribution in [3.8, 4) is 0 Å². The molecule has 0 fully saturated rings. The van der Waals surface area contributed by atoms with E-state index in [2.05, 4.69) is 15.6 Å². The number of fused-ring (bicyclic) bond motifs is 1. The minimum atomic E-state index is -0.468. The van der Waals surface area contributed by atoms with Crippen molar-refractivity contribution in [2.45, 2.75) is 20.8 Å². The van der Waals surface area contributed by atoms with Gasteiger partial charge in [-0.2, -0.15) is 0 Å². The molecule has 3 rings (SSSR count). The monoisotopic (exact) mass is 378 g/mol. The highest BCUT2D eigenvalue weighted by Crippen LogP contribution is 2.16. The molecule has 1 aromatic carbocycles. The first-order valence-electron chi connectivity index (χ1n) is 9.04. The van der Waals surface area contributed by atoms with Gasteiger partial charge in [-0.05, 0) is 37.1 Å². The average molecular weight is 378 g/mol. The number of benzene rings is 1. The van der Waals surface area contributed by atoms with Gasteiger partial charge in [0.15, 0.2) is 11.5 Å². The van der Waals surface area contributed by atoms with E-state index < -0.39 is 5.91 Å². The molecule has 2 aromatic heterocycles. The van der Waals surface area contributed by atoms with Gasteiger partial charge in [-0.15, -0.1) is 0 Å². The number of carbonyl (C=O) groups is 3. The highest BCUT2D eigenvalue weighted by atomic mass is 16.2. The molecule has 0 saturated heterocycles. The molecule has 2 amide bonds. The SMILES string of the molecule is CC(=O)c1cccc(NC(=O)c2nc(C(=O)NCC(C)C)c3ccccn23)c1. The number of rotatable bonds is 6. The van der Waals surface area contributed by atoms with E-state index in [1.807, 2.05) is 13.8 Å². The van der Waals surface area contributed by atoms with Gasteiger partial charge in [-0.1, -0.05) is 32.0 Å². The van der Waals surface area contributed by atoms with Crippen molar-refractivity contribution < 1.29 is 14.4 Å². The predicted octanol–water partition coefficient (Wildman–Crippen LogP) is 3.18. The molecule has 0 spiro atoms. The molecule has 2 N–H and O–H groups in total. The smallest absolute Gasteiger partial charge is 0.292 e. The van der Waals surface area contributed by atoms with Crippen LogP contribution in [-0.2, 0) is 0 Å². The largest absolute Gasteiger partial charge is 0.350 e. The van der Waals surface area contributed by atoms with Gasteiger partial charge in [0.2, 0.25) is 5.82 Å². The van der Waals surface area contributed by atoms with Gasteiger partial charge in [-0.25, -0.2) is 4.98 Å². The molecule has 7 nitrogen and oxygen atoms in total. The van der Waals surface area contributed by atoms with E-state index in [4.69, 9.17) is 0 Å². The molecule has 144 valence electrons. The zero-order valence-corrected chi connectivity index (χ0v) is 16.0. The van der Waals surface area contributed by atoms with Crippen LogP contribution in [0.4, 0.5) is 5.69 Å². The molecule has 3 aromatic rings. The Balaban J connectivity index is 1.92. The fourth-order valence-corrected chi connectivity index (χ4v) is 2.75. The molecule has 0 saturated carbocycles. The third kappa shape index (κ3) is 4.09. The normalized spacial score (nSPS) is 10.9. The van der Waals surface area contributed by atoms with E-state index in [1.165, 1.54) is 6.92 Å². The summed E-state index contributed by atoms with van der Waals surface area (Å²) in [7, 11) is 0. The van der Waals surface area contributed by atoms with Crippen LogP contribution in [0.25, 0.3) is 5.52 Å². The Hall–Kier alpha value is -3.48. The van der Waals surface area contributed by atoms with Crippen LogP contribution in [0.2, 0.25) is 0 Å². The number of amides is 2. The topological polar surface area (TPSA) is 92.6 Å². The molecule has 0 unspecified atom stereocenters. The van der Waals surface area contributed by atoms with Gasteiger partial charge in [0.1, 0.15) is 0 Å². The number of imidazole rings is 1. The van der Waals surface area contributed by atoms with Crippen LogP contribution in [0.5, 0.6) is 0 Å². The second kappa shape index (κ2) is 8.04. The molecule has 0 aliphatic heterocycles.